The van der Waals surface area contributed by atoms with Gasteiger partial charge in [-0.15, -0.1) is 0 Å². The summed E-state index contributed by atoms with van der Waals surface area (Å²) in [6.45, 7) is 12.9. The first kappa shape index (κ1) is 31.0. The highest BCUT2D eigenvalue weighted by molar-refractivity contribution is 5.78. The van der Waals surface area contributed by atoms with Crippen molar-refractivity contribution in [3.8, 4) is 67.5 Å². The largest absolute Gasteiger partial charge is 0.208 e. The maximum absolute atomic E-state index is 5.13. The van der Waals surface area contributed by atoms with Crippen LogP contribution in [-0.4, -0.2) is 15.0 Å². The Morgan fingerprint density at radius 1 is 0.292 bits per heavy atom. The molecule has 3 heteroatoms. The van der Waals surface area contributed by atoms with Crippen molar-refractivity contribution in [1.82, 2.24) is 15.0 Å². The lowest BCUT2D eigenvalue weighted by atomic mass is 9.96. The van der Waals surface area contributed by atoms with Gasteiger partial charge in [-0.3, -0.25) is 0 Å². The van der Waals surface area contributed by atoms with Gasteiger partial charge in [-0.05, 0) is 110 Å². The van der Waals surface area contributed by atoms with Gasteiger partial charge in [-0.25, -0.2) is 15.0 Å². The van der Waals surface area contributed by atoms with Gasteiger partial charge < -0.3 is 0 Å². The molecule has 1 aromatic heterocycles. The van der Waals surface area contributed by atoms with E-state index in [0.717, 1.165) is 33.4 Å². The first-order chi connectivity index (χ1) is 23.2. The molecule has 6 aromatic carbocycles. The fraction of sp³-hybridized carbons (Fsp3) is 0.133. The van der Waals surface area contributed by atoms with Gasteiger partial charge in [-0.1, -0.05) is 126 Å². The van der Waals surface area contributed by atoms with Crippen molar-refractivity contribution in [2.75, 3.05) is 0 Å². The second-order valence-electron chi connectivity index (χ2n) is 13.0. The number of hydrogen-bond acceptors (Lipinski definition) is 3. The third-order valence-electron chi connectivity index (χ3n) is 9.11. The second kappa shape index (κ2) is 12.8. The van der Waals surface area contributed by atoms with E-state index in [1.165, 1.54) is 50.1 Å². The Balaban J connectivity index is 1.40. The molecular weight excluding hydrogens is 583 g/mol. The molecule has 0 N–H and O–H groups in total. The highest BCUT2D eigenvalue weighted by Gasteiger charge is 2.16. The lowest BCUT2D eigenvalue weighted by Gasteiger charge is -2.13. The number of hydrogen-bond donors (Lipinski definition) is 0. The van der Waals surface area contributed by atoms with E-state index in [2.05, 4.69) is 169 Å². The summed E-state index contributed by atoms with van der Waals surface area (Å²) < 4.78 is 0. The number of rotatable bonds is 6. The molecule has 0 spiro atoms. The molecule has 7 rings (SSSR count). The Morgan fingerprint density at radius 3 is 0.854 bits per heavy atom. The van der Waals surface area contributed by atoms with E-state index in [9.17, 15) is 0 Å². The topological polar surface area (TPSA) is 38.7 Å². The SMILES string of the molecule is Cc1ccc(C)c(-c2cccc(-c3nc(-c4cccc(-c5cc(C)ccc5C)c4)nc(-c4cccc(-c5cc(C)ccc5C)c4)n3)c2)c1. The van der Waals surface area contributed by atoms with Gasteiger partial charge in [0.1, 0.15) is 0 Å². The minimum Gasteiger partial charge on any atom is -0.208 e. The molecule has 7 aromatic rings. The van der Waals surface area contributed by atoms with Crippen molar-refractivity contribution in [1.29, 1.82) is 0 Å². The quantitative estimate of drug-likeness (QED) is 0.185. The molecular formula is C45H39N3. The predicted molar refractivity (Wildman–Crippen MR) is 201 cm³/mol. The molecule has 0 fully saturated rings. The summed E-state index contributed by atoms with van der Waals surface area (Å²) in [6.07, 6.45) is 0. The van der Waals surface area contributed by atoms with Crippen molar-refractivity contribution >= 4 is 0 Å². The highest BCUT2D eigenvalue weighted by Crippen LogP contribution is 2.33. The van der Waals surface area contributed by atoms with E-state index >= 15 is 0 Å². The van der Waals surface area contributed by atoms with Crippen molar-refractivity contribution in [2.24, 2.45) is 0 Å². The molecule has 0 aliphatic rings. The van der Waals surface area contributed by atoms with Crippen LogP contribution in [0.4, 0.5) is 0 Å². The molecule has 0 saturated carbocycles. The van der Waals surface area contributed by atoms with E-state index < -0.39 is 0 Å². The van der Waals surface area contributed by atoms with E-state index in [0.29, 0.717) is 17.5 Å². The van der Waals surface area contributed by atoms with Crippen molar-refractivity contribution < 1.29 is 0 Å². The maximum Gasteiger partial charge on any atom is 0.164 e. The molecule has 48 heavy (non-hydrogen) atoms. The van der Waals surface area contributed by atoms with Gasteiger partial charge in [-0.2, -0.15) is 0 Å². The predicted octanol–water partition coefficient (Wildman–Crippen LogP) is 11.7. The lowest BCUT2D eigenvalue weighted by molar-refractivity contribution is 1.07. The van der Waals surface area contributed by atoms with Gasteiger partial charge >= 0.3 is 0 Å². The molecule has 234 valence electrons. The molecule has 0 amide bonds. The average molecular weight is 622 g/mol. The summed E-state index contributed by atoms with van der Waals surface area (Å²) in [4.78, 5) is 15.4. The molecule has 0 aliphatic heterocycles. The molecule has 0 aliphatic carbocycles. The third-order valence-corrected chi connectivity index (χ3v) is 9.11. The Bertz CT molecular complexity index is 2040. The average Bonchev–Trinajstić information content (AvgIpc) is 3.11. The lowest BCUT2D eigenvalue weighted by Crippen LogP contribution is -2.01. The van der Waals surface area contributed by atoms with Crippen LogP contribution in [0.3, 0.4) is 0 Å². The van der Waals surface area contributed by atoms with Gasteiger partial charge in [0.15, 0.2) is 17.5 Å². The molecule has 0 radical (unpaired) electrons. The maximum atomic E-state index is 5.13. The smallest absolute Gasteiger partial charge is 0.164 e. The number of benzene rings is 6. The highest BCUT2D eigenvalue weighted by atomic mass is 15.0. The van der Waals surface area contributed by atoms with Crippen molar-refractivity contribution in [3.63, 3.8) is 0 Å². The van der Waals surface area contributed by atoms with E-state index in [1.54, 1.807) is 0 Å². The summed E-state index contributed by atoms with van der Waals surface area (Å²) in [5.74, 6) is 1.95. The van der Waals surface area contributed by atoms with Crippen LogP contribution >= 0.6 is 0 Å². The summed E-state index contributed by atoms with van der Waals surface area (Å²) in [7, 11) is 0. The molecule has 0 bridgehead atoms. The fourth-order valence-electron chi connectivity index (χ4n) is 6.38. The van der Waals surface area contributed by atoms with Gasteiger partial charge in [0.25, 0.3) is 0 Å². The number of aromatic nitrogens is 3. The van der Waals surface area contributed by atoms with Crippen LogP contribution < -0.4 is 0 Å². The minimum absolute atomic E-state index is 0.649. The standard InChI is InChI=1S/C45H39N3/c1-28-16-19-31(4)40(22-28)34-10-7-13-37(25-34)43-46-44(38-14-8-11-35(26-38)41-23-29(2)17-20-32(41)5)48-45(47-43)39-15-9-12-36(27-39)42-24-30(3)18-21-33(42)6/h7-27H,1-6H3. The summed E-state index contributed by atoms with van der Waals surface area (Å²) in [5.41, 5.74) is 17.4. The van der Waals surface area contributed by atoms with Crippen molar-refractivity contribution in [2.45, 2.75) is 41.5 Å². The normalized spacial score (nSPS) is 11.1. The summed E-state index contributed by atoms with van der Waals surface area (Å²) >= 11 is 0. The third kappa shape index (κ3) is 6.32. The van der Waals surface area contributed by atoms with Crippen LogP contribution in [0.1, 0.15) is 33.4 Å². The second-order valence-corrected chi connectivity index (χ2v) is 13.0. The Morgan fingerprint density at radius 2 is 0.562 bits per heavy atom. The van der Waals surface area contributed by atoms with Crippen LogP contribution in [0.5, 0.6) is 0 Å². The number of nitrogens with zero attached hydrogens (tertiary/aromatic N) is 3. The van der Waals surface area contributed by atoms with Crippen molar-refractivity contribution in [3.05, 3.63) is 161 Å². The minimum atomic E-state index is 0.649. The zero-order valence-corrected chi connectivity index (χ0v) is 28.5. The van der Waals surface area contributed by atoms with Crippen LogP contribution in [0, 0.1) is 41.5 Å². The van der Waals surface area contributed by atoms with Gasteiger partial charge in [0.05, 0.1) is 0 Å². The Labute approximate surface area is 284 Å². The van der Waals surface area contributed by atoms with Crippen LogP contribution in [0.2, 0.25) is 0 Å². The first-order valence-electron chi connectivity index (χ1n) is 16.5. The molecule has 0 saturated heterocycles. The number of aryl methyl sites for hydroxylation is 6. The molecule has 3 nitrogen and oxygen atoms in total. The van der Waals surface area contributed by atoms with Gasteiger partial charge in [0.2, 0.25) is 0 Å². The first-order valence-corrected chi connectivity index (χ1v) is 16.5. The van der Waals surface area contributed by atoms with E-state index in [4.69, 9.17) is 15.0 Å². The zero-order valence-electron chi connectivity index (χ0n) is 28.5. The van der Waals surface area contributed by atoms with Crippen LogP contribution in [0.15, 0.2) is 127 Å². The zero-order chi connectivity index (χ0) is 33.4. The summed E-state index contributed by atoms with van der Waals surface area (Å²) in [6, 6.07) is 45.4. The molecule has 0 unspecified atom stereocenters. The Kier molecular flexibility index (Phi) is 8.29. The molecule has 0 atom stereocenters. The Hall–Kier alpha value is -5.67. The van der Waals surface area contributed by atoms with Gasteiger partial charge in [0, 0.05) is 16.7 Å². The van der Waals surface area contributed by atoms with Crippen LogP contribution in [-0.2, 0) is 0 Å². The fourth-order valence-corrected chi connectivity index (χ4v) is 6.38. The van der Waals surface area contributed by atoms with E-state index in [-0.39, 0.29) is 0 Å². The summed E-state index contributed by atoms with van der Waals surface area (Å²) in [5, 5.41) is 0. The van der Waals surface area contributed by atoms with Crippen LogP contribution in [0.25, 0.3) is 67.5 Å². The van der Waals surface area contributed by atoms with E-state index in [1.807, 2.05) is 0 Å². The molecule has 1 heterocycles. The monoisotopic (exact) mass is 621 g/mol.